The number of anilines is 1. The highest BCUT2D eigenvalue weighted by molar-refractivity contribution is 7.10. The standard InChI is InChI=1S/C13H14ClNOS/c1-8-4-13(16)9(2)3-12(8)15-6-11-5-10(14)7-17-11/h3-5,7,15-16H,6H2,1-2H3. The lowest BCUT2D eigenvalue weighted by Crippen LogP contribution is -1.99. The molecule has 0 saturated carbocycles. The molecule has 17 heavy (non-hydrogen) atoms. The van der Waals surface area contributed by atoms with Crippen molar-refractivity contribution in [3.63, 3.8) is 0 Å². The molecular weight excluding hydrogens is 254 g/mol. The molecule has 0 spiro atoms. The molecule has 0 aliphatic carbocycles. The van der Waals surface area contributed by atoms with Gasteiger partial charge < -0.3 is 10.4 Å². The second kappa shape index (κ2) is 4.98. The van der Waals surface area contributed by atoms with Crippen molar-refractivity contribution in [3.8, 4) is 5.75 Å². The van der Waals surface area contributed by atoms with Crippen LogP contribution in [0.3, 0.4) is 0 Å². The first-order chi connectivity index (χ1) is 8.06. The molecule has 0 bridgehead atoms. The third kappa shape index (κ3) is 2.93. The molecule has 0 amide bonds. The van der Waals surface area contributed by atoms with E-state index in [0.29, 0.717) is 5.75 Å². The predicted molar refractivity (Wildman–Crippen MR) is 74.2 cm³/mol. The van der Waals surface area contributed by atoms with Gasteiger partial charge in [0.2, 0.25) is 0 Å². The first-order valence-electron chi connectivity index (χ1n) is 5.33. The first kappa shape index (κ1) is 12.3. The molecule has 0 aliphatic heterocycles. The molecule has 4 heteroatoms. The number of phenolic OH excluding ortho intramolecular Hbond substituents is 1. The summed E-state index contributed by atoms with van der Waals surface area (Å²) >= 11 is 7.51. The number of hydrogen-bond donors (Lipinski definition) is 2. The molecule has 0 unspecified atom stereocenters. The first-order valence-corrected chi connectivity index (χ1v) is 6.59. The number of hydrogen-bond acceptors (Lipinski definition) is 3. The van der Waals surface area contributed by atoms with Gasteiger partial charge in [0.05, 0.1) is 5.02 Å². The van der Waals surface area contributed by atoms with E-state index in [1.165, 1.54) is 4.88 Å². The summed E-state index contributed by atoms with van der Waals surface area (Å²) < 4.78 is 0. The van der Waals surface area contributed by atoms with Crippen LogP contribution in [-0.4, -0.2) is 5.11 Å². The summed E-state index contributed by atoms with van der Waals surface area (Å²) in [7, 11) is 0. The number of aromatic hydroxyl groups is 1. The Morgan fingerprint density at radius 2 is 2.00 bits per heavy atom. The van der Waals surface area contributed by atoms with Crippen molar-refractivity contribution in [1.29, 1.82) is 0 Å². The Bertz CT molecular complexity index is 536. The van der Waals surface area contributed by atoms with Crippen molar-refractivity contribution >= 4 is 28.6 Å². The number of halogens is 1. The molecule has 0 saturated heterocycles. The summed E-state index contributed by atoms with van der Waals surface area (Å²) in [6, 6.07) is 5.70. The Morgan fingerprint density at radius 1 is 1.24 bits per heavy atom. The van der Waals surface area contributed by atoms with Crippen LogP contribution in [0.2, 0.25) is 5.02 Å². The van der Waals surface area contributed by atoms with Gasteiger partial charge in [-0.1, -0.05) is 11.6 Å². The fourth-order valence-electron chi connectivity index (χ4n) is 1.62. The third-order valence-electron chi connectivity index (χ3n) is 2.62. The van der Waals surface area contributed by atoms with Crippen LogP contribution in [0.15, 0.2) is 23.6 Å². The zero-order valence-corrected chi connectivity index (χ0v) is 11.3. The van der Waals surface area contributed by atoms with E-state index in [9.17, 15) is 5.11 Å². The Hall–Kier alpha value is -1.19. The lowest BCUT2D eigenvalue weighted by atomic mass is 10.1. The monoisotopic (exact) mass is 267 g/mol. The molecule has 0 fully saturated rings. The van der Waals surface area contributed by atoms with E-state index < -0.39 is 0 Å². The topological polar surface area (TPSA) is 32.3 Å². The molecule has 0 aliphatic rings. The van der Waals surface area contributed by atoms with Gasteiger partial charge in [-0.2, -0.15) is 0 Å². The zero-order valence-electron chi connectivity index (χ0n) is 9.75. The van der Waals surface area contributed by atoms with Gasteiger partial charge >= 0.3 is 0 Å². The number of phenols is 1. The van der Waals surface area contributed by atoms with E-state index in [0.717, 1.165) is 28.4 Å². The van der Waals surface area contributed by atoms with Gasteiger partial charge in [-0.15, -0.1) is 11.3 Å². The van der Waals surface area contributed by atoms with E-state index in [-0.39, 0.29) is 0 Å². The molecule has 2 N–H and O–H groups in total. The average molecular weight is 268 g/mol. The Balaban J connectivity index is 2.11. The number of rotatable bonds is 3. The number of benzene rings is 1. The van der Waals surface area contributed by atoms with Gasteiger partial charge in [-0.05, 0) is 43.2 Å². The van der Waals surface area contributed by atoms with Gasteiger partial charge in [-0.25, -0.2) is 0 Å². The molecule has 2 nitrogen and oxygen atoms in total. The highest BCUT2D eigenvalue weighted by atomic mass is 35.5. The second-order valence-electron chi connectivity index (χ2n) is 4.04. The van der Waals surface area contributed by atoms with Gasteiger partial charge in [-0.3, -0.25) is 0 Å². The van der Waals surface area contributed by atoms with Crippen LogP contribution in [0.1, 0.15) is 16.0 Å². The molecule has 1 heterocycles. The summed E-state index contributed by atoms with van der Waals surface area (Å²) in [6.07, 6.45) is 0. The predicted octanol–water partition coefficient (Wildman–Crippen LogP) is 4.34. The molecule has 1 aromatic carbocycles. The lowest BCUT2D eigenvalue weighted by Gasteiger charge is -2.10. The van der Waals surface area contributed by atoms with E-state index in [1.54, 1.807) is 17.4 Å². The minimum Gasteiger partial charge on any atom is -0.508 e. The molecule has 1 aromatic heterocycles. The lowest BCUT2D eigenvalue weighted by molar-refractivity contribution is 0.471. The molecule has 2 aromatic rings. The maximum atomic E-state index is 9.57. The molecule has 0 radical (unpaired) electrons. The number of thiophene rings is 1. The SMILES string of the molecule is Cc1cc(NCc2cc(Cl)cs2)c(C)cc1O. The van der Waals surface area contributed by atoms with Gasteiger partial charge in [0, 0.05) is 22.5 Å². The fourth-order valence-corrected chi connectivity index (χ4v) is 2.63. The van der Waals surface area contributed by atoms with Gasteiger partial charge in [0.15, 0.2) is 0 Å². The highest BCUT2D eigenvalue weighted by Crippen LogP contribution is 2.26. The molecule has 2 rings (SSSR count). The van der Waals surface area contributed by atoms with Crippen LogP contribution >= 0.6 is 22.9 Å². The quantitative estimate of drug-likeness (QED) is 0.811. The Labute approximate surface area is 110 Å². The number of aryl methyl sites for hydroxylation is 2. The largest absolute Gasteiger partial charge is 0.508 e. The normalized spacial score (nSPS) is 10.5. The van der Waals surface area contributed by atoms with Crippen molar-refractivity contribution in [1.82, 2.24) is 0 Å². The minimum atomic E-state index is 0.340. The molecule has 0 atom stereocenters. The van der Waals surface area contributed by atoms with E-state index in [2.05, 4.69) is 5.32 Å². The smallest absolute Gasteiger partial charge is 0.118 e. The van der Waals surface area contributed by atoms with E-state index in [4.69, 9.17) is 11.6 Å². The van der Waals surface area contributed by atoms with Crippen LogP contribution in [0, 0.1) is 13.8 Å². The summed E-state index contributed by atoms with van der Waals surface area (Å²) in [5.41, 5.74) is 2.96. The van der Waals surface area contributed by atoms with Crippen LogP contribution < -0.4 is 5.32 Å². The summed E-state index contributed by atoms with van der Waals surface area (Å²) in [6.45, 7) is 4.62. The molecule has 90 valence electrons. The van der Waals surface area contributed by atoms with E-state index >= 15 is 0 Å². The van der Waals surface area contributed by atoms with Crippen molar-refractivity contribution < 1.29 is 5.11 Å². The Morgan fingerprint density at radius 3 is 2.65 bits per heavy atom. The van der Waals surface area contributed by atoms with Crippen LogP contribution in [0.25, 0.3) is 0 Å². The fraction of sp³-hybridized carbons (Fsp3) is 0.231. The minimum absolute atomic E-state index is 0.340. The maximum Gasteiger partial charge on any atom is 0.118 e. The van der Waals surface area contributed by atoms with Crippen molar-refractivity contribution in [2.75, 3.05) is 5.32 Å². The summed E-state index contributed by atoms with van der Waals surface area (Å²) in [5, 5.41) is 15.6. The summed E-state index contributed by atoms with van der Waals surface area (Å²) in [5.74, 6) is 0.340. The maximum absolute atomic E-state index is 9.57. The summed E-state index contributed by atoms with van der Waals surface area (Å²) in [4.78, 5) is 1.19. The Kier molecular flexibility index (Phi) is 3.60. The second-order valence-corrected chi connectivity index (χ2v) is 5.47. The highest BCUT2D eigenvalue weighted by Gasteiger charge is 2.04. The van der Waals surface area contributed by atoms with Gasteiger partial charge in [0.1, 0.15) is 5.75 Å². The third-order valence-corrected chi connectivity index (χ3v) is 3.90. The zero-order chi connectivity index (χ0) is 12.4. The van der Waals surface area contributed by atoms with Gasteiger partial charge in [0.25, 0.3) is 0 Å². The van der Waals surface area contributed by atoms with Crippen molar-refractivity contribution in [2.45, 2.75) is 20.4 Å². The van der Waals surface area contributed by atoms with Crippen LogP contribution in [0.5, 0.6) is 5.75 Å². The van der Waals surface area contributed by atoms with Crippen LogP contribution in [-0.2, 0) is 6.54 Å². The van der Waals surface area contributed by atoms with Crippen molar-refractivity contribution in [3.05, 3.63) is 44.6 Å². The van der Waals surface area contributed by atoms with Crippen molar-refractivity contribution in [2.24, 2.45) is 0 Å². The molecular formula is C13H14ClNOS. The van der Waals surface area contributed by atoms with Crippen LogP contribution in [0.4, 0.5) is 5.69 Å². The average Bonchev–Trinajstić information content (AvgIpc) is 2.68. The van der Waals surface area contributed by atoms with E-state index in [1.807, 2.05) is 31.4 Å². The number of nitrogens with one attached hydrogen (secondary N) is 1.